The Morgan fingerprint density at radius 3 is 2.50 bits per heavy atom. The van der Waals surface area contributed by atoms with Crippen LogP contribution in [0.25, 0.3) is 0 Å². The highest BCUT2D eigenvalue weighted by atomic mass is 79.9. The van der Waals surface area contributed by atoms with Crippen LogP contribution in [0.5, 0.6) is 0 Å². The molecule has 7 heteroatoms. The third kappa shape index (κ3) is 3.41. The average Bonchev–Trinajstić information content (AvgIpc) is 3.41. The molecule has 1 aromatic carbocycles. The van der Waals surface area contributed by atoms with E-state index in [-0.39, 0.29) is 29.1 Å². The van der Waals surface area contributed by atoms with Crippen molar-refractivity contribution in [2.45, 2.75) is 37.6 Å². The number of halogens is 1. The van der Waals surface area contributed by atoms with Crippen LogP contribution in [-0.2, 0) is 9.59 Å². The third-order valence-electron chi connectivity index (χ3n) is 7.31. The van der Waals surface area contributed by atoms with Gasteiger partial charge in [0.2, 0.25) is 11.8 Å². The van der Waals surface area contributed by atoms with E-state index in [9.17, 15) is 9.59 Å². The van der Waals surface area contributed by atoms with Gasteiger partial charge < -0.3 is 21.7 Å². The van der Waals surface area contributed by atoms with E-state index in [0.717, 1.165) is 42.3 Å². The number of nitrogens with two attached hydrogens (primary N) is 1. The lowest BCUT2D eigenvalue weighted by Gasteiger charge is -2.39. The molecule has 4 rings (SSSR count). The highest BCUT2D eigenvalue weighted by molar-refractivity contribution is 9.10. The van der Waals surface area contributed by atoms with E-state index in [1.807, 2.05) is 31.3 Å². The summed E-state index contributed by atoms with van der Waals surface area (Å²) in [6, 6.07) is 7.54. The van der Waals surface area contributed by atoms with Crippen molar-refractivity contribution in [2.75, 3.05) is 25.5 Å². The molecule has 2 fully saturated rings. The van der Waals surface area contributed by atoms with Gasteiger partial charge in [-0.1, -0.05) is 34.5 Å². The van der Waals surface area contributed by atoms with Crippen molar-refractivity contribution >= 4 is 33.4 Å². The highest BCUT2D eigenvalue weighted by Crippen LogP contribution is 2.73. The third-order valence-corrected chi connectivity index (χ3v) is 7.84. The number of amides is 2. The van der Waals surface area contributed by atoms with Crippen LogP contribution in [0, 0.1) is 23.2 Å². The highest BCUT2D eigenvalue weighted by Gasteiger charge is 2.76. The number of allylic oxidation sites excluding steroid dienone is 1. The molecular weight excluding hydrogens is 444 g/mol. The van der Waals surface area contributed by atoms with Crippen molar-refractivity contribution in [2.24, 2.45) is 28.9 Å². The predicted octanol–water partition coefficient (Wildman–Crippen LogP) is 2.80. The van der Waals surface area contributed by atoms with Crippen molar-refractivity contribution in [3.05, 3.63) is 40.9 Å². The van der Waals surface area contributed by atoms with Crippen LogP contribution >= 0.6 is 15.9 Å². The number of anilines is 1. The van der Waals surface area contributed by atoms with Crippen molar-refractivity contribution in [3.8, 4) is 0 Å². The Morgan fingerprint density at radius 1 is 1.13 bits per heavy atom. The van der Waals surface area contributed by atoms with Gasteiger partial charge in [-0.25, -0.2) is 0 Å². The van der Waals surface area contributed by atoms with Gasteiger partial charge in [-0.15, -0.1) is 0 Å². The van der Waals surface area contributed by atoms with E-state index in [2.05, 4.69) is 44.0 Å². The van der Waals surface area contributed by atoms with Crippen LogP contribution in [0.3, 0.4) is 0 Å². The lowest BCUT2D eigenvalue weighted by atomic mass is 9.74. The Bertz CT molecular complexity index is 836. The monoisotopic (exact) mass is 474 g/mol. The van der Waals surface area contributed by atoms with E-state index < -0.39 is 11.5 Å². The normalized spacial score (nSPS) is 29.9. The minimum atomic E-state index is -0.913. The maximum Gasteiger partial charge on any atom is 0.241 e. The number of hydrogen-bond acceptors (Lipinski definition) is 4. The maximum absolute atomic E-state index is 13.5. The summed E-state index contributed by atoms with van der Waals surface area (Å²) in [5.74, 6) is -0.448. The summed E-state index contributed by atoms with van der Waals surface area (Å²) >= 11 is 3.42. The van der Waals surface area contributed by atoms with Crippen molar-refractivity contribution < 1.29 is 9.59 Å². The van der Waals surface area contributed by atoms with E-state index in [1.54, 1.807) is 0 Å². The first kappa shape index (κ1) is 21.5. The molecule has 0 aliphatic heterocycles. The van der Waals surface area contributed by atoms with Crippen LogP contribution in [-0.4, -0.2) is 37.5 Å². The molecular formula is C23H31BrN4O2. The molecule has 4 unspecified atom stereocenters. The van der Waals surface area contributed by atoms with Crippen LogP contribution < -0.4 is 21.7 Å². The van der Waals surface area contributed by atoms with Gasteiger partial charge in [0.1, 0.15) is 5.54 Å². The fourth-order valence-electron chi connectivity index (χ4n) is 5.76. The molecule has 2 bridgehead atoms. The van der Waals surface area contributed by atoms with Gasteiger partial charge in [0.25, 0.3) is 0 Å². The summed E-state index contributed by atoms with van der Waals surface area (Å²) in [6.45, 7) is 1.28. The number of unbranched alkanes of at least 4 members (excludes halogenated alkanes) is 2. The van der Waals surface area contributed by atoms with Crippen LogP contribution in [0.15, 0.2) is 40.9 Å². The van der Waals surface area contributed by atoms with Crippen LogP contribution in [0.1, 0.15) is 32.1 Å². The van der Waals surface area contributed by atoms with Gasteiger partial charge in [-0.2, -0.15) is 0 Å². The number of carbonyl (C=O) groups excluding carboxylic acids is 2. The number of rotatable bonds is 9. The van der Waals surface area contributed by atoms with Gasteiger partial charge in [-0.05, 0) is 74.9 Å². The number of nitrogens with one attached hydrogen (secondary N) is 3. The zero-order valence-electron chi connectivity index (χ0n) is 17.4. The molecule has 1 aromatic rings. The fraction of sp³-hybridized carbons (Fsp3) is 0.565. The van der Waals surface area contributed by atoms with Crippen LogP contribution in [0.2, 0.25) is 0 Å². The minimum absolute atomic E-state index is 0.0460. The van der Waals surface area contributed by atoms with Gasteiger partial charge in [0.15, 0.2) is 0 Å². The zero-order valence-corrected chi connectivity index (χ0v) is 19.0. The van der Waals surface area contributed by atoms with Gasteiger partial charge in [0, 0.05) is 22.6 Å². The summed E-state index contributed by atoms with van der Waals surface area (Å²) in [7, 11) is 1.82. The zero-order chi connectivity index (χ0) is 21.4. The SMILES string of the molecule is CNC1(C(=O)NCCCCCN)C(C(=O)Nc2ccc(Br)cc2)C2C=CC1C21CC1. The number of benzene rings is 1. The molecule has 6 nitrogen and oxygen atoms in total. The Hall–Kier alpha value is -1.70. The summed E-state index contributed by atoms with van der Waals surface area (Å²) in [5, 5.41) is 9.51. The van der Waals surface area contributed by atoms with Crippen molar-refractivity contribution in [3.63, 3.8) is 0 Å². The second-order valence-electron chi connectivity index (χ2n) is 8.82. The standard InChI is InChI=1S/C23H31BrN4O2/c1-26-23(21(30)27-14-4-2-3-13-25)18-10-9-17(22(18)11-12-22)19(23)20(29)28-16-7-5-15(24)6-8-16/h5-10,17-19,26H,2-4,11-14,25H2,1H3,(H,27,30)(H,28,29). The average molecular weight is 475 g/mol. The Morgan fingerprint density at radius 2 is 1.87 bits per heavy atom. The quantitative estimate of drug-likeness (QED) is 0.326. The molecule has 1 spiro atoms. The lowest BCUT2D eigenvalue weighted by molar-refractivity contribution is -0.136. The Labute approximate surface area is 186 Å². The molecule has 4 atom stereocenters. The van der Waals surface area contributed by atoms with E-state index in [1.165, 1.54) is 0 Å². The number of carbonyl (C=O) groups is 2. The summed E-state index contributed by atoms with van der Waals surface area (Å²) in [4.78, 5) is 27.0. The second kappa shape index (κ2) is 8.44. The second-order valence-corrected chi connectivity index (χ2v) is 9.74. The Kier molecular flexibility index (Phi) is 6.06. The first-order chi connectivity index (χ1) is 14.5. The number of likely N-dealkylation sites (N-methyl/N-ethyl adjacent to an activating group) is 1. The maximum atomic E-state index is 13.5. The lowest BCUT2D eigenvalue weighted by Crippen LogP contribution is -2.65. The molecule has 2 amide bonds. The molecule has 0 radical (unpaired) electrons. The molecule has 30 heavy (non-hydrogen) atoms. The van der Waals surface area contributed by atoms with Gasteiger partial charge in [0.05, 0.1) is 5.92 Å². The summed E-state index contributed by atoms with van der Waals surface area (Å²) in [6.07, 6.45) is 9.34. The number of hydrogen-bond donors (Lipinski definition) is 4. The molecule has 0 saturated heterocycles. The van der Waals surface area contributed by atoms with Crippen molar-refractivity contribution in [1.29, 1.82) is 0 Å². The van der Waals surface area contributed by atoms with E-state index in [4.69, 9.17) is 5.73 Å². The van der Waals surface area contributed by atoms with E-state index in [0.29, 0.717) is 13.1 Å². The molecule has 3 aliphatic carbocycles. The molecule has 3 aliphatic rings. The van der Waals surface area contributed by atoms with Crippen molar-refractivity contribution in [1.82, 2.24) is 10.6 Å². The predicted molar refractivity (Wildman–Crippen MR) is 122 cm³/mol. The fourth-order valence-corrected chi connectivity index (χ4v) is 6.02. The summed E-state index contributed by atoms with van der Waals surface area (Å²) < 4.78 is 0.957. The molecule has 2 saturated carbocycles. The largest absolute Gasteiger partial charge is 0.354 e. The summed E-state index contributed by atoms with van der Waals surface area (Å²) in [5.41, 5.74) is 5.45. The molecule has 0 heterocycles. The van der Waals surface area contributed by atoms with Gasteiger partial charge >= 0.3 is 0 Å². The minimum Gasteiger partial charge on any atom is -0.354 e. The molecule has 162 valence electrons. The molecule has 5 N–H and O–H groups in total. The smallest absolute Gasteiger partial charge is 0.241 e. The first-order valence-electron chi connectivity index (χ1n) is 10.9. The van der Waals surface area contributed by atoms with E-state index >= 15 is 0 Å². The molecule has 0 aromatic heterocycles. The van der Waals surface area contributed by atoms with Crippen LogP contribution in [0.4, 0.5) is 5.69 Å². The van der Waals surface area contributed by atoms with Gasteiger partial charge in [-0.3, -0.25) is 9.59 Å². The Balaban J connectivity index is 1.56. The topological polar surface area (TPSA) is 96.2 Å². The first-order valence-corrected chi connectivity index (χ1v) is 11.7.